The Kier molecular flexibility index (Phi) is 3.82. The van der Waals surface area contributed by atoms with Crippen LogP contribution in [0.1, 0.15) is 28.0 Å². The minimum absolute atomic E-state index is 0.00893. The number of aromatic nitrogens is 2. The summed E-state index contributed by atoms with van der Waals surface area (Å²) in [6.07, 6.45) is 4.85. The van der Waals surface area contributed by atoms with Gasteiger partial charge >= 0.3 is 0 Å². The van der Waals surface area contributed by atoms with E-state index in [1.807, 2.05) is 13.1 Å². The lowest BCUT2D eigenvalue weighted by Crippen LogP contribution is -2.15. The van der Waals surface area contributed by atoms with Crippen LogP contribution < -0.4 is 9.47 Å². The molecule has 3 rings (SSSR count). The number of phenolic OH excluding ortho intramolecular Hbond substituents is 1. The quantitative estimate of drug-likeness (QED) is 0.880. The number of rotatable bonds is 3. The highest BCUT2D eigenvalue weighted by Crippen LogP contribution is 2.38. The molecule has 120 valence electrons. The first-order chi connectivity index (χ1) is 11.0. The molecule has 2 aromatic rings. The molecule has 1 aliphatic rings. The first kappa shape index (κ1) is 15.1. The fourth-order valence-corrected chi connectivity index (χ4v) is 2.82. The summed E-state index contributed by atoms with van der Waals surface area (Å²) in [6, 6.07) is 3.35. The predicted molar refractivity (Wildman–Crippen MR) is 85.0 cm³/mol. The molecule has 0 bridgehead atoms. The molecule has 0 fully saturated rings. The molecular formula is C17H18N2O4. The van der Waals surface area contributed by atoms with Crippen molar-refractivity contribution in [2.75, 3.05) is 14.2 Å². The van der Waals surface area contributed by atoms with Crippen molar-refractivity contribution in [2.45, 2.75) is 12.8 Å². The van der Waals surface area contributed by atoms with Gasteiger partial charge in [0.05, 0.1) is 26.0 Å². The Balaban J connectivity index is 2.01. The van der Waals surface area contributed by atoms with Gasteiger partial charge in [-0.25, -0.2) is 0 Å². The second kappa shape index (κ2) is 5.79. The van der Waals surface area contributed by atoms with Gasteiger partial charge in [-0.1, -0.05) is 0 Å². The van der Waals surface area contributed by atoms with E-state index in [4.69, 9.17) is 9.47 Å². The summed E-state index contributed by atoms with van der Waals surface area (Å²) in [4.78, 5) is 12.6. The summed E-state index contributed by atoms with van der Waals surface area (Å²) in [5.41, 5.74) is 3.07. The molecule has 1 aliphatic carbocycles. The van der Waals surface area contributed by atoms with Crippen molar-refractivity contribution in [1.82, 2.24) is 9.78 Å². The summed E-state index contributed by atoms with van der Waals surface area (Å²) < 4.78 is 12.0. The number of allylic oxidation sites excluding steroid dienone is 1. The Morgan fingerprint density at radius 1 is 1.22 bits per heavy atom. The van der Waals surface area contributed by atoms with Crippen LogP contribution in [-0.4, -0.2) is 34.9 Å². The van der Waals surface area contributed by atoms with E-state index in [9.17, 15) is 9.90 Å². The molecule has 0 unspecified atom stereocenters. The maximum absolute atomic E-state index is 12.6. The summed E-state index contributed by atoms with van der Waals surface area (Å²) in [5, 5.41) is 14.1. The van der Waals surface area contributed by atoms with Crippen molar-refractivity contribution < 1.29 is 19.4 Å². The lowest BCUT2D eigenvalue weighted by molar-refractivity contribution is 0.102. The predicted octanol–water partition coefficient (Wildman–Crippen LogP) is 2.36. The van der Waals surface area contributed by atoms with Gasteiger partial charge in [0.2, 0.25) is 5.75 Å². The molecule has 1 aromatic heterocycles. The van der Waals surface area contributed by atoms with Crippen LogP contribution in [0.25, 0.3) is 6.08 Å². The lowest BCUT2D eigenvalue weighted by atomic mass is 9.90. The highest BCUT2D eigenvalue weighted by Gasteiger charge is 2.25. The number of aromatic hydroxyl groups is 1. The van der Waals surface area contributed by atoms with E-state index in [1.54, 1.807) is 23.0 Å². The molecule has 6 nitrogen and oxygen atoms in total. The number of ether oxygens (including phenoxy) is 2. The number of benzene rings is 1. The fraction of sp³-hybridized carbons (Fsp3) is 0.294. The Hall–Kier alpha value is -2.76. The number of hydrogen-bond donors (Lipinski definition) is 1. The Bertz CT molecular complexity index is 780. The molecule has 0 saturated heterocycles. The van der Waals surface area contributed by atoms with E-state index < -0.39 is 0 Å². The van der Waals surface area contributed by atoms with Crippen LogP contribution in [0.2, 0.25) is 0 Å². The zero-order chi connectivity index (χ0) is 16.6. The minimum atomic E-state index is -0.0540. The van der Waals surface area contributed by atoms with Crippen molar-refractivity contribution in [1.29, 1.82) is 0 Å². The number of fused-ring (bicyclic) bond motifs is 1. The van der Waals surface area contributed by atoms with Crippen LogP contribution in [-0.2, 0) is 13.5 Å². The number of Topliss-reactive ketones (excluding diaryl/α,β-unsaturated/α-hetero) is 1. The standard InChI is InChI=1S/C17H18N2O4/c1-19-13-5-4-11(16(20)12(13)9-18-19)6-10-7-14(22-2)17(21)15(8-10)23-3/h6-9,21H,4-5H2,1-3H3/b11-6-. The smallest absolute Gasteiger partial charge is 0.200 e. The number of hydrogen-bond acceptors (Lipinski definition) is 5. The average Bonchev–Trinajstić information content (AvgIpc) is 2.93. The highest BCUT2D eigenvalue weighted by molar-refractivity contribution is 6.12. The van der Waals surface area contributed by atoms with Crippen molar-refractivity contribution in [2.24, 2.45) is 7.05 Å². The molecule has 1 aromatic carbocycles. The van der Waals surface area contributed by atoms with Crippen LogP contribution in [0, 0.1) is 0 Å². The van der Waals surface area contributed by atoms with E-state index in [0.29, 0.717) is 29.1 Å². The van der Waals surface area contributed by atoms with E-state index in [0.717, 1.165) is 17.7 Å². The molecule has 0 radical (unpaired) electrons. The van der Waals surface area contributed by atoms with Crippen molar-refractivity contribution in [3.63, 3.8) is 0 Å². The summed E-state index contributed by atoms with van der Waals surface area (Å²) >= 11 is 0. The molecule has 0 atom stereocenters. The number of nitrogens with zero attached hydrogens (tertiary/aromatic N) is 2. The monoisotopic (exact) mass is 314 g/mol. The largest absolute Gasteiger partial charge is 0.502 e. The second-order valence-electron chi connectivity index (χ2n) is 5.40. The number of aryl methyl sites for hydroxylation is 1. The number of phenols is 1. The van der Waals surface area contributed by atoms with E-state index in [2.05, 4.69) is 5.10 Å². The van der Waals surface area contributed by atoms with Gasteiger partial charge in [0.25, 0.3) is 0 Å². The van der Waals surface area contributed by atoms with Gasteiger partial charge in [0, 0.05) is 18.3 Å². The zero-order valence-corrected chi connectivity index (χ0v) is 13.3. The lowest BCUT2D eigenvalue weighted by Gasteiger charge is -2.15. The molecular weight excluding hydrogens is 296 g/mol. The van der Waals surface area contributed by atoms with E-state index >= 15 is 0 Å². The Morgan fingerprint density at radius 3 is 2.48 bits per heavy atom. The van der Waals surface area contributed by atoms with E-state index in [1.165, 1.54) is 14.2 Å². The molecule has 0 spiro atoms. The van der Waals surface area contributed by atoms with Gasteiger partial charge in [-0.05, 0) is 36.6 Å². The molecule has 0 aliphatic heterocycles. The SMILES string of the molecule is COc1cc(/C=C2/CCc3c(cnn3C)C2=O)cc(OC)c1O. The maximum atomic E-state index is 12.6. The third kappa shape index (κ3) is 2.56. The third-order valence-corrected chi connectivity index (χ3v) is 4.07. The van der Waals surface area contributed by atoms with Gasteiger partial charge in [-0.2, -0.15) is 5.10 Å². The van der Waals surface area contributed by atoms with Gasteiger partial charge in [-0.15, -0.1) is 0 Å². The molecule has 1 N–H and O–H groups in total. The van der Waals surface area contributed by atoms with E-state index in [-0.39, 0.29) is 11.5 Å². The Labute approximate surface area is 134 Å². The molecule has 0 saturated carbocycles. The first-order valence-electron chi connectivity index (χ1n) is 7.26. The van der Waals surface area contributed by atoms with Crippen molar-refractivity contribution in [3.05, 3.63) is 40.7 Å². The summed E-state index contributed by atoms with van der Waals surface area (Å²) in [5.74, 6) is 0.551. The van der Waals surface area contributed by atoms with Gasteiger partial charge in [0.15, 0.2) is 17.3 Å². The minimum Gasteiger partial charge on any atom is -0.502 e. The zero-order valence-electron chi connectivity index (χ0n) is 13.3. The second-order valence-corrected chi connectivity index (χ2v) is 5.40. The number of methoxy groups -OCH3 is 2. The van der Waals surface area contributed by atoms with Crippen LogP contribution in [0.5, 0.6) is 17.2 Å². The number of carbonyl (C=O) groups excluding carboxylic acids is 1. The fourth-order valence-electron chi connectivity index (χ4n) is 2.82. The molecule has 1 heterocycles. The first-order valence-corrected chi connectivity index (χ1v) is 7.26. The van der Waals surface area contributed by atoms with Crippen LogP contribution in [0.3, 0.4) is 0 Å². The number of ketones is 1. The molecule has 0 amide bonds. The van der Waals surface area contributed by atoms with Gasteiger partial charge < -0.3 is 14.6 Å². The summed E-state index contributed by atoms with van der Waals surface area (Å²) in [7, 11) is 4.79. The molecule has 23 heavy (non-hydrogen) atoms. The topological polar surface area (TPSA) is 73.6 Å². The van der Waals surface area contributed by atoms with Crippen LogP contribution >= 0.6 is 0 Å². The average molecular weight is 314 g/mol. The van der Waals surface area contributed by atoms with Crippen LogP contribution in [0.15, 0.2) is 23.9 Å². The highest BCUT2D eigenvalue weighted by atomic mass is 16.5. The maximum Gasteiger partial charge on any atom is 0.200 e. The van der Waals surface area contributed by atoms with Crippen molar-refractivity contribution in [3.8, 4) is 17.2 Å². The van der Waals surface area contributed by atoms with Gasteiger partial charge in [-0.3, -0.25) is 9.48 Å². The normalized spacial score (nSPS) is 15.6. The van der Waals surface area contributed by atoms with Crippen molar-refractivity contribution >= 4 is 11.9 Å². The van der Waals surface area contributed by atoms with Crippen LogP contribution in [0.4, 0.5) is 0 Å². The summed E-state index contributed by atoms with van der Waals surface area (Å²) in [6.45, 7) is 0. The Morgan fingerprint density at radius 2 is 1.87 bits per heavy atom. The third-order valence-electron chi connectivity index (χ3n) is 4.07. The number of carbonyl (C=O) groups is 1. The van der Waals surface area contributed by atoms with Gasteiger partial charge in [0.1, 0.15) is 0 Å². The molecule has 6 heteroatoms.